The molecular formula is C15H29NO2. The van der Waals surface area contributed by atoms with Gasteiger partial charge in [0.1, 0.15) is 0 Å². The Kier molecular flexibility index (Phi) is 4.82. The van der Waals surface area contributed by atoms with Crippen molar-refractivity contribution in [2.75, 3.05) is 6.61 Å². The number of hydrogen-bond donors (Lipinski definition) is 2. The second kappa shape index (κ2) is 5.60. The van der Waals surface area contributed by atoms with Crippen LogP contribution in [0.15, 0.2) is 0 Å². The molecule has 0 bridgehead atoms. The Labute approximate surface area is 111 Å². The lowest BCUT2D eigenvalue weighted by atomic mass is 9.80. The predicted molar refractivity (Wildman–Crippen MR) is 74.2 cm³/mol. The van der Waals surface area contributed by atoms with E-state index in [2.05, 4.69) is 39.9 Å². The fourth-order valence-electron chi connectivity index (χ4n) is 2.94. The number of hydrogen-bond acceptors (Lipinski definition) is 2. The quantitative estimate of drug-likeness (QED) is 0.811. The molecule has 18 heavy (non-hydrogen) atoms. The largest absolute Gasteiger partial charge is 0.396 e. The Morgan fingerprint density at radius 1 is 1.44 bits per heavy atom. The fourth-order valence-corrected chi connectivity index (χ4v) is 2.94. The summed E-state index contributed by atoms with van der Waals surface area (Å²) in [4.78, 5) is 12.4. The highest BCUT2D eigenvalue weighted by molar-refractivity contribution is 5.80. The van der Waals surface area contributed by atoms with E-state index in [1.807, 2.05) is 0 Å². The van der Waals surface area contributed by atoms with E-state index in [1.54, 1.807) is 0 Å². The third-order valence-corrected chi connectivity index (χ3v) is 4.35. The van der Waals surface area contributed by atoms with Gasteiger partial charge in [0, 0.05) is 18.6 Å². The Balaban J connectivity index is 2.67. The van der Waals surface area contributed by atoms with E-state index in [0.29, 0.717) is 6.42 Å². The van der Waals surface area contributed by atoms with Gasteiger partial charge in [-0.2, -0.15) is 0 Å². The molecule has 1 fully saturated rings. The number of aliphatic hydroxyl groups is 1. The van der Waals surface area contributed by atoms with Crippen molar-refractivity contribution in [3.63, 3.8) is 0 Å². The third-order valence-electron chi connectivity index (χ3n) is 4.35. The van der Waals surface area contributed by atoms with Crippen molar-refractivity contribution in [3.8, 4) is 0 Å². The molecule has 0 aromatic rings. The number of aliphatic hydroxyl groups excluding tert-OH is 1. The highest BCUT2D eigenvalue weighted by Gasteiger charge is 2.40. The molecule has 1 rings (SSSR count). The van der Waals surface area contributed by atoms with Crippen molar-refractivity contribution in [1.82, 2.24) is 5.32 Å². The molecule has 1 amide bonds. The molecule has 0 saturated heterocycles. The van der Waals surface area contributed by atoms with Crippen LogP contribution in [0.25, 0.3) is 0 Å². The summed E-state index contributed by atoms with van der Waals surface area (Å²) in [5, 5.41) is 12.3. The summed E-state index contributed by atoms with van der Waals surface area (Å²) in [6.45, 7) is 10.8. The Morgan fingerprint density at radius 3 is 2.44 bits per heavy atom. The fraction of sp³-hybridized carbons (Fsp3) is 0.933. The number of amides is 1. The van der Waals surface area contributed by atoms with Gasteiger partial charge in [-0.25, -0.2) is 0 Å². The number of rotatable bonds is 4. The van der Waals surface area contributed by atoms with Crippen LogP contribution in [-0.2, 0) is 4.79 Å². The molecule has 0 spiro atoms. The van der Waals surface area contributed by atoms with Crippen molar-refractivity contribution in [1.29, 1.82) is 0 Å². The molecular weight excluding hydrogens is 226 g/mol. The Bertz CT molecular complexity index is 291. The van der Waals surface area contributed by atoms with Gasteiger partial charge in [0.25, 0.3) is 0 Å². The summed E-state index contributed by atoms with van der Waals surface area (Å²) in [7, 11) is 0. The molecule has 0 aliphatic heterocycles. The molecule has 0 aromatic carbocycles. The van der Waals surface area contributed by atoms with Crippen LogP contribution in [0.5, 0.6) is 0 Å². The maximum Gasteiger partial charge on any atom is 0.223 e. The van der Waals surface area contributed by atoms with Crippen molar-refractivity contribution >= 4 is 5.91 Å². The first-order chi connectivity index (χ1) is 8.18. The van der Waals surface area contributed by atoms with Crippen LogP contribution in [0.3, 0.4) is 0 Å². The summed E-state index contributed by atoms with van der Waals surface area (Å²) >= 11 is 0. The predicted octanol–water partition coefficient (Wildman–Crippen LogP) is 2.73. The lowest BCUT2D eigenvalue weighted by Crippen LogP contribution is -2.48. The van der Waals surface area contributed by atoms with Crippen molar-refractivity contribution in [2.24, 2.45) is 16.7 Å². The van der Waals surface area contributed by atoms with Crippen LogP contribution in [-0.4, -0.2) is 23.7 Å². The standard InChI is InChI=1S/C15H29NO2/c1-14(2,3)12(8-10-17)16-13(18)11-7-6-9-15(11,4)5/h11-12,17H,6-10H2,1-5H3,(H,16,18). The molecule has 2 N–H and O–H groups in total. The lowest BCUT2D eigenvalue weighted by Gasteiger charge is -2.34. The van der Waals surface area contributed by atoms with Crippen LogP contribution >= 0.6 is 0 Å². The molecule has 2 atom stereocenters. The van der Waals surface area contributed by atoms with Crippen LogP contribution in [0, 0.1) is 16.7 Å². The monoisotopic (exact) mass is 255 g/mol. The Morgan fingerprint density at radius 2 is 2.06 bits per heavy atom. The van der Waals surface area contributed by atoms with Gasteiger partial charge < -0.3 is 10.4 Å². The molecule has 106 valence electrons. The molecule has 0 heterocycles. The molecule has 0 radical (unpaired) electrons. The van der Waals surface area contributed by atoms with Gasteiger partial charge in [-0.05, 0) is 30.1 Å². The van der Waals surface area contributed by atoms with Gasteiger partial charge in [0.15, 0.2) is 0 Å². The highest BCUT2D eigenvalue weighted by atomic mass is 16.3. The minimum Gasteiger partial charge on any atom is -0.396 e. The van der Waals surface area contributed by atoms with Crippen LogP contribution < -0.4 is 5.32 Å². The van der Waals surface area contributed by atoms with Crippen LogP contribution in [0.4, 0.5) is 0 Å². The minimum absolute atomic E-state index is 0.0128. The molecule has 1 aliphatic carbocycles. The highest BCUT2D eigenvalue weighted by Crippen LogP contribution is 2.42. The average molecular weight is 255 g/mol. The average Bonchev–Trinajstić information content (AvgIpc) is 2.56. The maximum absolute atomic E-state index is 12.4. The Hall–Kier alpha value is -0.570. The van der Waals surface area contributed by atoms with Crippen LogP contribution in [0.2, 0.25) is 0 Å². The second-order valence-electron chi connectivity index (χ2n) is 7.37. The van der Waals surface area contributed by atoms with Crippen molar-refractivity contribution < 1.29 is 9.90 Å². The van der Waals surface area contributed by atoms with E-state index in [-0.39, 0.29) is 35.3 Å². The van der Waals surface area contributed by atoms with Gasteiger partial charge in [0.2, 0.25) is 5.91 Å². The van der Waals surface area contributed by atoms with E-state index >= 15 is 0 Å². The van der Waals surface area contributed by atoms with Crippen molar-refractivity contribution in [2.45, 2.75) is 66.3 Å². The molecule has 2 unspecified atom stereocenters. The van der Waals surface area contributed by atoms with Crippen molar-refractivity contribution in [3.05, 3.63) is 0 Å². The van der Waals surface area contributed by atoms with Gasteiger partial charge in [-0.3, -0.25) is 4.79 Å². The summed E-state index contributed by atoms with van der Waals surface area (Å²) in [6.07, 6.45) is 3.90. The van der Waals surface area contributed by atoms with E-state index in [4.69, 9.17) is 5.11 Å². The zero-order chi connectivity index (χ0) is 14.0. The number of carbonyl (C=O) groups is 1. The molecule has 3 nitrogen and oxygen atoms in total. The minimum atomic E-state index is -0.0128. The molecule has 0 aromatic heterocycles. The summed E-state index contributed by atoms with van der Waals surface area (Å²) in [5.74, 6) is 0.298. The molecule has 3 heteroatoms. The lowest BCUT2D eigenvalue weighted by molar-refractivity contribution is -0.129. The van der Waals surface area contributed by atoms with E-state index in [9.17, 15) is 4.79 Å². The summed E-state index contributed by atoms with van der Waals surface area (Å²) in [6, 6.07) is 0.0476. The van der Waals surface area contributed by atoms with Gasteiger partial charge in [0.05, 0.1) is 0 Å². The first-order valence-corrected chi connectivity index (χ1v) is 7.10. The first kappa shape index (κ1) is 15.5. The van der Waals surface area contributed by atoms with E-state index < -0.39 is 0 Å². The third kappa shape index (κ3) is 3.71. The smallest absolute Gasteiger partial charge is 0.223 e. The van der Waals surface area contributed by atoms with Gasteiger partial charge in [-0.1, -0.05) is 41.0 Å². The van der Waals surface area contributed by atoms with E-state index in [0.717, 1.165) is 19.3 Å². The van der Waals surface area contributed by atoms with Gasteiger partial charge in [-0.15, -0.1) is 0 Å². The van der Waals surface area contributed by atoms with Gasteiger partial charge >= 0.3 is 0 Å². The normalized spacial score (nSPS) is 24.9. The summed E-state index contributed by atoms with van der Waals surface area (Å²) < 4.78 is 0. The molecule has 1 aliphatic rings. The first-order valence-electron chi connectivity index (χ1n) is 7.10. The topological polar surface area (TPSA) is 49.3 Å². The number of nitrogens with one attached hydrogen (secondary N) is 1. The molecule has 1 saturated carbocycles. The van der Waals surface area contributed by atoms with E-state index in [1.165, 1.54) is 0 Å². The zero-order valence-corrected chi connectivity index (χ0v) is 12.5. The SMILES string of the molecule is CC(C)(C)C(CCO)NC(=O)C1CCCC1(C)C. The zero-order valence-electron chi connectivity index (χ0n) is 12.5. The van der Waals surface area contributed by atoms with Crippen LogP contribution in [0.1, 0.15) is 60.3 Å². The second-order valence-corrected chi connectivity index (χ2v) is 7.37. The summed E-state index contributed by atoms with van der Waals surface area (Å²) in [5.41, 5.74) is 0.104. The maximum atomic E-state index is 12.4. The number of carbonyl (C=O) groups excluding carboxylic acids is 1.